The SMILES string of the molecule is COc1ccc(C(=O)Nc2nc3c(s2)CCC3C(=O)N2CCC(C(N)=O)CC2)cc1. The van der Waals surface area contributed by atoms with Gasteiger partial charge in [-0.3, -0.25) is 19.7 Å². The van der Waals surface area contributed by atoms with Crippen LogP contribution in [0.25, 0.3) is 0 Å². The van der Waals surface area contributed by atoms with Crippen molar-refractivity contribution in [2.75, 3.05) is 25.5 Å². The molecule has 3 amide bonds. The summed E-state index contributed by atoms with van der Waals surface area (Å²) in [7, 11) is 1.57. The minimum Gasteiger partial charge on any atom is -0.497 e. The zero-order chi connectivity index (χ0) is 21.3. The molecule has 30 heavy (non-hydrogen) atoms. The molecule has 0 spiro atoms. The molecule has 4 rings (SSSR count). The normalized spacial score (nSPS) is 18.7. The zero-order valence-corrected chi connectivity index (χ0v) is 17.5. The number of aromatic nitrogens is 1. The highest BCUT2D eigenvalue weighted by Gasteiger charge is 2.37. The number of anilines is 1. The molecule has 2 heterocycles. The number of hydrogen-bond donors (Lipinski definition) is 2. The number of likely N-dealkylation sites (tertiary alicyclic amines) is 1. The third-order valence-corrected chi connectivity index (χ3v) is 6.84. The van der Waals surface area contributed by atoms with Crippen LogP contribution in [0.15, 0.2) is 24.3 Å². The lowest BCUT2D eigenvalue weighted by Crippen LogP contribution is -2.43. The molecule has 3 N–H and O–H groups in total. The topological polar surface area (TPSA) is 115 Å². The van der Waals surface area contributed by atoms with E-state index in [0.29, 0.717) is 42.4 Å². The monoisotopic (exact) mass is 428 g/mol. The fourth-order valence-electron chi connectivity index (χ4n) is 4.04. The van der Waals surface area contributed by atoms with Crippen molar-refractivity contribution in [1.82, 2.24) is 9.88 Å². The highest BCUT2D eigenvalue weighted by Crippen LogP contribution is 2.40. The Bertz CT molecular complexity index is 964. The first-order chi connectivity index (χ1) is 14.5. The third-order valence-electron chi connectivity index (χ3n) is 5.80. The van der Waals surface area contributed by atoms with E-state index >= 15 is 0 Å². The van der Waals surface area contributed by atoms with Crippen molar-refractivity contribution in [3.63, 3.8) is 0 Å². The van der Waals surface area contributed by atoms with Crippen molar-refractivity contribution < 1.29 is 19.1 Å². The number of rotatable bonds is 5. The van der Waals surface area contributed by atoms with Crippen LogP contribution in [-0.4, -0.2) is 47.8 Å². The van der Waals surface area contributed by atoms with Gasteiger partial charge in [-0.25, -0.2) is 4.98 Å². The Balaban J connectivity index is 1.41. The number of nitrogens with two attached hydrogens (primary N) is 1. The Morgan fingerprint density at radius 3 is 2.50 bits per heavy atom. The number of hydrogen-bond acceptors (Lipinski definition) is 6. The van der Waals surface area contributed by atoms with Gasteiger partial charge in [-0.05, 0) is 49.9 Å². The number of piperidine rings is 1. The standard InChI is InChI=1S/C21H24N4O4S/c1-29-14-4-2-13(3-5-14)19(27)24-21-23-17-15(6-7-16(17)30-21)20(28)25-10-8-12(9-11-25)18(22)26/h2-5,12,15H,6-11H2,1H3,(H2,22,26)(H,23,24,27). The van der Waals surface area contributed by atoms with Crippen LogP contribution in [-0.2, 0) is 16.0 Å². The lowest BCUT2D eigenvalue weighted by molar-refractivity contribution is -0.136. The number of ether oxygens (including phenoxy) is 1. The summed E-state index contributed by atoms with van der Waals surface area (Å²) in [4.78, 5) is 44.3. The van der Waals surface area contributed by atoms with Gasteiger partial charge in [0.15, 0.2) is 5.13 Å². The number of carbonyl (C=O) groups is 3. The molecule has 158 valence electrons. The van der Waals surface area contributed by atoms with Crippen LogP contribution >= 0.6 is 11.3 Å². The predicted octanol–water partition coefficient (Wildman–Crippen LogP) is 2.16. The molecule has 1 aliphatic heterocycles. The Morgan fingerprint density at radius 2 is 1.87 bits per heavy atom. The fraction of sp³-hybridized carbons (Fsp3) is 0.429. The van der Waals surface area contributed by atoms with Crippen molar-refractivity contribution in [3.8, 4) is 5.75 Å². The number of primary amides is 1. The van der Waals surface area contributed by atoms with Gasteiger partial charge in [0, 0.05) is 29.4 Å². The average Bonchev–Trinajstić information content (AvgIpc) is 3.33. The largest absolute Gasteiger partial charge is 0.497 e. The molecule has 1 atom stereocenters. The molecular formula is C21H24N4O4S. The molecule has 1 aliphatic carbocycles. The first-order valence-electron chi connectivity index (χ1n) is 9.99. The zero-order valence-electron chi connectivity index (χ0n) is 16.7. The maximum absolute atomic E-state index is 13.0. The molecule has 9 heteroatoms. The van der Waals surface area contributed by atoms with E-state index < -0.39 is 0 Å². The fourth-order valence-corrected chi connectivity index (χ4v) is 5.07. The van der Waals surface area contributed by atoms with Gasteiger partial charge in [-0.2, -0.15) is 0 Å². The summed E-state index contributed by atoms with van der Waals surface area (Å²) in [6.07, 6.45) is 2.73. The number of nitrogens with zero attached hydrogens (tertiary/aromatic N) is 2. The molecule has 0 saturated carbocycles. The maximum atomic E-state index is 13.0. The minimum atomic E-state index is -0.290. The first-order valence-corrected chi connectivity index (χ1v) is 10.8. The van der Waals surface area contributed by atoms with Crippen molar-refractivity contribution in [3.05, 3.63) is 40.4 Å². The second-order valence-electron chi connectivity index (χ2n) is 7.60. The lowest BCUT2D eigenvalue weighted by atomic mass is 9.95. The van der Waals surface area contributed by atoms with Crippen molar-refractivity contribution >= 4 is 34.2 Å². The van der Waals surface area contributed by atoms with E-state index in [2.05, 4.69) is 10.3 Å². The molecule has 2 aromatic rings. The molecular weight excluding hydrogens is 404 g/mol. The number of benzene rings is 1. The van der Waals surface area contributed by atoms with Crippen LogP contribution < -0.4 is 15.8 Å². The second kappa shape index (κ2) is 8.43. The van der Waals surface area contributed by atoms with E-state index in [4.69, 9.17) is 10.5 Å². The Kier molecular flexibility index (Phi) is 5.72. The van der Waals surface area contributed by atoms with Crippen LogP contribution in [0.2, 0.25) is 0 Å². The molecule has 8 nitrogen and oxygen atoms in total. The summed E-state index contributed by atoms with van der Waals surface area (Å²) in [5, 5.41) is 3.34. The van der Waals surface area contributed by atoms with Gasteiger partial charge in [0.25, 0.3) is 5.91 Å². The van der Waals surface area contributed by atoms with Crippen molar-refractivity contribution in [1.29, 1.82) is 0 Å². The number of fused-ring (bicyclic) bond motifs is 1. The Morgan fingerprint density at radius 1 is 1.17 bits per heavy atom. The Hall–Kier alpha value is -2.94. The van der Waals surface area contributed by atoms with E-state index in [1.54, 1.807) is 31.4 Å². The Labute approximate surface area is 178 Å². The number of carbonyl (C=O) groups excluding carboxylic acids is 3. The molecule has 1 unspecified atom stereocenters. The summed E-state index contributed by atoms with van der Waals surface area (Å²) in [6.45, 7) is 1.09. The highest BCUT2D eigenvalue weighted by molar-refractivity contribution is 7.16. The maximum Gasteiger partial charge on any atom is 0.257 e. The van der Waals surface area contributed by atoms with Gasteiger partial charge in [-0.1, -0.05) is 0 Å². The summed E-state index contributed by atoms with van der Waals surface area (Å²) in [5.74, 6) is -0.236. The molecule has 1 aromatic heterocycles. The summed E-state index contributed by atoms with van der Waals surface area (Å²) in [5.41, 5.74) is 6.66. The van der Waals surface area contributed by atoms with Gasteiger partial charge in [0.05, 0.1) is 18.7 Å². The van der Waals surface area contributed by atoms with Crippen molar-refractivity contribution in [2.45, 2.75) is 31.6 Å². The van der Waals surface area contributed by atoms with Gasteiger partial charge < -0.3 is 15.4 Å². The smallest absolute Gasteiger partial charge is 0.257 e. The number of amides is 3. The van der Waals surface area contributed by atoms with E-state index in [0.717, 1.165) is 23.4 Å². The van der Waals surface area contributed by atoms with E-state index in [-0.39, 0.29) is 29.6 Å². The van der Waals surface area contributed by atoms with Crippen LogP contribution in [0.5, 0.6) is 5.75 Å². The van der Waals surface area contributed by atoms with Crippen LogP contribution in [0.3, 0.4) is 0 Å². The number of aryl methyl sites for hydroxylation is 1. The van der Waals surface area contributed by atoms with Gasteiger partial charge in [-0.15, -0.1) is 11.3 Å². The van der Waals surface area contributed by atoms with Crippen molar-refractivity contribution in [2.24, 2.45) is 11.7 Å². The number of methoxy groups -OCH3 is 1. The van der Waals surface area contributed by atoms with Gasteiger partial charge in [0.2, 0.25) is 11.8 Å². The molecule has 2 aliphatic rings. The van der Waals surface area contributed by atoms with Crippen LogP contribution in [0.4, 0.5) is 5.13 Å². The van der Waals surface area contributed by atoms with Gasteiger partial charge in [0.1, 0.15) is 5.75 Å². The third kappa shape index (κ3) is 4.02. The molecule has 0 bridgehead atoms. The average molecular weight is 429 g/mol. The van der Waals surface area contributed by atoms with E-state index in [1.807, 2.05) is 4.90 Å². The van der Waals surface area contributed by atoms with Crippen LogP contribution in [0.1, 0.15) is 46.1 Å². The molecule has 1 saturated heterocycles. The van der Waals surface area contributed by atoms with E-state index in [9.17, 15) is 14.4 Å². The number of thiazole rings is 1. The second-order valence-corrected chi connectivity index (χ2v) is 8.69. The minimum absolute atomic E-state index is 0.0509. The van der Waals surface area contributed by atoms with Crippen LogP contribution in [0, 0.1) is 5.92 Å². The molecule has 1 aromatic carbocycles. The summed E-state index contributed by atoms with van der Waals surface area (Å²) in [6, 6.07) is 6.84. The van der Waals surface area contributed by atoms with E-state index in [1.165, 1.54) is 11.3 Å². The lowest BCUT2D eigenvalue weighted by Gasteiger charge is -2.32. The summed E-state index contributed by atoms with van der Waals surface area (Å²) >= 11 is 1.43. The predicted molar refractivity (Wildman–Crippen MR) is 113 cm³/mol. The number of nitrogens with one attached hydrogen (secondary N) is 1. The molecule has 1 fully saturated rings. The van der Waals surface area contributed by atoms with Gasteiger partial charge >= 0.3 is 0 Å². The molecule has 0 radical (unpaired) electrons. The highest BCUT2D eigenvalue weighted by atomic mass is 32.1. The quantitative estimate of drug-likeness (QED) is 0.757. The first kappa shape index (κ1) is 20.3. The summed E-state index contributed by atoms with van der Waals surface area (Å²) < 4.78 is 5.11.